The van der Waals surface area contributed by atoms with E-state index in [0.29, 0.717) is 19.0 Å². The van der Waals surface area contributed by atoms with Gasteiger partial charge in [0, 0.05) is 74.4 Å². The van der Waals surface area contributed by atoms with Crippen LogP contribution >= 0.6 is 0 Å². The first-order valence-corrected chi connectivity index (χ1v) is 14.1. The van der Waals surface area contributed by atoms with Crippen LogP contribution in [0.3, 0.4) is 0 Å². The maximum Gasteiger partial charge on any atom is 0.344 e. The van der Waals surface area contributed by atoms with Crippen molar-refractivity contribution in [3.05, 3.63) is 94.2 Å². The predicted molar refractivity (Wildman–Crippen MR) is 159 cm³/mol. The van der Waals surface area contributed by atoms with Crippen molar-refractivity contribution in [1.82, 2.24) is 19.4 Å². The number of piperidine rings is 1. The molecule has 0 N–H and O–H groups in total. The molecule has 1 aromatic carbocycles. The molecule has 41 heavy (non-hydrogen) atoms. The minimum atomic E-state index is -0.414. The van der Waals surface area contributed by atoms with E-state index in [0.717, 1.165) is 60.3 Å². The van der Waals surface area contributed by atoms with Gasteiger partial charge in [0.25, 0.3) is 0 Å². The van der Waals surface area contributed by atoms with Crippen LogP contribution in [0.15, 0.2) is 71.9 Å². The molecule has 1 aliphatic heterocycles. The number of fused-ring (bicyclic) bond motifs is 1. The first-order chi connectivity index (χ1) is 19.9. The standard InChI is InChI=1S/C32H37N5O4/c1-4-40-31(38)22-41-30-12-11-26(17-34-30)36-15-7-8-27(21-36)37(18-24-13-14-33-23(2)16-24)20-25-19-35(3)29-10-6-5-9-28(29)32(25)39/h5-6,9-14,16-17,19,27H,4,7-8,15,18,20-22H2,1-3H3/t27-/m0/s1. The molecule has 4 aromatic rings. The van der Waals surface area contributed by atoms with Gasteiger partial charge < -0.3 is 18.9 Å². The van der Waals surface area contributed by atoms with Gasteiger partial charge >= 0.3 is 5.97 Å². The van der Waals surface area contributed by atoms with Crippen LogP contribution in [0.1, 0.15) is 36.6 Å². The lowest BCUT2D eigenvalue weighted by Gasteiger charge is -2.40. The van der Waals surface area contributed by atoms with Crippen molar-refractivity contribution in [1.29, 1.82) is 0 Å². The van der Waals surface area contributed by atoms with E-state index in [2.05, 4.69) is 31.9 Å². The topological polar surface area (TPSA) is 89.8 Å². The molecule has 4 heterocycles. The summed E-state index contributed by atoms with van der Waals surface area (Å²) in [5.74, 6) is -0.0276. The van der Waals surface area contributed by atoms with E-state index in [-0.39, 0.29) is 18.1 Å². The number of benzene rings is 1. The third kappa shape index (κ3) is 6.92. The predicted octanol–water partition coefficient (Wildman–Crippen LogP) is 4.25. The van der Waals surface area contributed by atoms with Gasteiger partial charge in [-0.2, -0.15) is 0 Å². The number of anilines is 1. The third-order valence-electron chi connectivity index (χ3n) is 7.53. The van der Waals surface area contributed by atoms with Crippen LogP contribution in [0.4, 0.5) is 5.69 Å². The number of nitrogens with zero attached hydrogens (tertiary/aromatic N) is 5. The fourth-order valence-corrected chi connectivity index (χ4v) is 5.56. The SMILES string of the molecule is CCOC(=O)COc1ccc(N2CCC[C@H](N(Cc3ccnc(C)c3)Cc3cn(C)c4ccccc4c3=O)C2)cn1. The van der Waals surface area contributed by atoms with E-state index in [9.17, 15) is 9.59 Å². The van der Waals surface area contributed by atoms with Gasteiger partial charge in [-0.3, -0.25) is 14.7 Å². The summed E-state index contributed by atoms with van der Waals surface area (Å²) in [6.07, 6.45) is 7.67. The van der Waals surface area contributed by atoms with Crippen molar-refractivity contribution >= 4 is 22.6 Å². The highest BCUT2D eigenvalue weighted by Crippen LogP contribution is 2.26. The molecule has 0 spiro atoms. The van der Waals surface area contributed by atoms with Crippen molar-refractivity contribution in [2.24, 2.45) is 7.05 Å². The fraction of sp³-hybridized carbons (Fsp3) is 0.375. The van der Waals surface area contributed by atoms with Gasteiger partial charge in [0.15, 0.2) is 12.0 Å². The van der Waals surface area contributed by atoms with Crippen molar-refractivity contribution < 1.29 is 14.3 Å². The lowest BCUT2D eigenvalue weighted by Crippen LogP contribution is -2.48. The number of rotatable bonds is 10. The van der Waals surface area contributed by atoms with Crippen LogP contribution in [0, 0.1) is 6.92 Å². The average Bonchev–Trinajstić information content (AvgIpc) is 2.99. The molecule has 0 amide bonds. The minimum absolute atomic E-state index is 0.0879. The number of carbonyl (C=O) groups is 1. The quantitative estimate of drug-likeness (QED) is 0.268. The molecular weight excluding hydrogens is 518 g/mol. The number of aryl methyl sites for hydroxylation is 2. The van der Waals surface area contributed by atoms with Crippen LogP contribution < -0.4 is 15.1 Å². The second kappa shape index (κ2) is 13.0. The van der Waals surface area contributed by atoms with Crippen molar-refractivity contribution in [2.75, 3.05) is 31.2 Å². The lowest BCUT2D eigenvalue weighted by atomic mass is 10.0. The van der Waals surface area contributed by atoms with Crippen LogP contribution in [0.2, 0.25) is 0 Å². The highest BCUT2D eigenvalue weighted by atomic mass is 16.6. The van der Waals surface area contributed by atoms with E-state index < -0.39 is 5.97 Å². The minimum Gasteiger partial charge on any atom is -0.466 e. The zero-order valence-electron chi connectivity index (χ0n) is 24.0. The molecule has 0 saturated carbocycles. The summed E-state index contributed by atoms with van der Waals surface area (Å²) in [7, 11) is 2.00. The van der Waals surface area contributed by atoms with Crippen molar-refractivity contribution in [2.45, 2.75) is 45.8 Å². The van der Waals surface area contributed by atoms with Crippen LogP contribution in [-0.2, 0) is 29.7 Å². The zero-order valence-corrected chi connectivity index (χ0v) is 24.0. The molecule has 3 aromatic heterocycles. The number of aromatic nitrogens is 3. The number of hydrogen-bond donors (Lipinski definition) is 0. The average molecular weight is 556 g/mol. The first-order valence-electron chi connectivity index (χ1n) is 14.1. The number of ether oxygens (including phenoxy) is 2. The Bertz CT molecular complexity index is 1550. The summed E-state index contributed by atoms with van der Waals surface area (Å²) in [6, 6.07) is 15.9. The van der Waals surface area contributed by atoms with Gasteiger partial charge in [0.05, 0.1) is 24.0 Å². The Morgan fingerprint density at radius 3 is 2.76 bits per heavy atom. The first kappa shape index (κ1) is 28.3. The van der Waals surface area contributed by atoms with Crippen molar-refractivity contribution in [3.8, 4) is 5.88 Å². The molecule has 1 saturated heterocycles. The van der Waals surface area contributed by atoms with E-state index in [1.807, 2.05) is 61.3 Å². The Labute approximate surface area is 240 Å². The second-order valence-corrected chi connectivity index (χ2v) is 10.5. The second-order valence-electron chi connectivity index (χ2n) is 10.5. The summed E-state index contributed by atoms with van der Waals surface area (Å²) in [6.45, 7) is 6.91. The normalized spacial score (nSPS) is 15.3. The third-order valence-corrected chi connectivity index (χ3v) is 7.53. The van der Waals surface area contributed by atoms with Crippen LogP contribution in [0.25, 0.3) is 10.9 Å². The van der Waals surface area contributed by atoms with Gasteiger partial charge in [-0.25, -0.2) is 9.78 Å². The number of carbonyl (C=O) groups excluding carboxylic acids is 1. The largest absolute Gasteiger partial charge is 0.466 e. The van der Waals surface area contributed by atoms with Crippen molar-refractivity contribution in [3.63, 3.8) is 0 Å². The highest BCUT2D eigenvalue weighted by Gasteiger charge is 2.27. The molecule has 5 rings (SSSR count). The number of pyridine rings is 3. The summed E-state index contributed by atoms with van der Waals surface area (Å²) < 4.78 is 12.4. The van der Waals surface area contributed by atoms with E-state index in [4.69, 9.17) is 9.47 Å². The summed E-state index contributed by atoms with van der Waals surface area (Å²) in [5.41, 5.74) is 4.97. The Balaban J connectivity index is 1.37. The van der Waals surface area contributed by atoms with Gasteiger partial charge in [0.2, 0.25) is 5.88 Å². The monoisotopic (exact) mass is 555 g/mol. The number of esters is 1. The Hall–Kier alpha value is -4.24. The number of hydrogen-bond acceptors (Lipinski definition) is 8. The highest BCUT2D eigenvalue weighted by molar-refractivity contribution is 5.79. The molecule has 1 aliphatic rings. The molecule has 0 radical (unpaired) electrons. The molecule has 214 valence electrons. The summed E-state index contributed by atoms with van der Waals surface area (Å²) in [4.78, 5) is 38.7. The molecule has 1 fully saturated rings. The van der Waals surface area contributed by atoms with Crippen LogP contribution in [0.5, 0.6) is 5.88 Å². The molecule has 1 atom stereocenters. The van der Waals surface area contributed by atoms with Crippen LogP contribution in [-0.4, -0.2) is 57.7 Å². The molecule has 0 unspecified atom stereocenters. The molecule has 0 aliphatic carbocycles. The molecule has 9 heteroatoms. The Kier molecular flexibility index (Phi) is 8.94. The Morgan fingerprint density at radius 1 is 1.12 bits per heavy atom. The summed E-state index contributed by atoms with van der Waals surface area (Å²) >= 11 is 0. The van der Waals surface area contributed by atoms with E-state index >= 15 is 0 Å². The van der Waals surface area contributed by atoms with E-state index in [1.54, 1.807) is 19.2 Å². The molecule has 9 nitrogen and oxygen atoms in total. The maximum absolute atomic E-state index is 13.5. The maximum atomic E-state index is 13.5. The number of para-hydroxylation sites is 1. The smallest absolute Gasteiger partial charge is 0.344 e. The molecular formula is C32H37N5O4. The van der Waals surface area contributed by atoms with Gasteiger partial charge in [-0.15, -0.1) is 0 Å². The Morgan fingerprint density at radius 2 is 1.98 bits per heavy atom. The van der Waals surface area contributed by atoms with E-state index in [1.165, 1.54) is 5.56 Å². The van der Waals surface area contributed by atoms with Gasteiger partial charge in [-0.05, 0) is 62.6 Å². The van der Waals surface area contributed by atoms with Gasteiger partial charge in [-0.1, -0.05) is 12.1 Å². The zero-order chi connectivity index (χ0) is 28.8. The van der Waals surface area contributed by atoms with Gasteiger partial charge in [0.1, 0.15) is 0 Å². The molecule has 0 bridgehead atoms. The lowest BCUT2D eigenvalue weighted by molar-refractivity contribution is -0.145. The summed E-state index contributed by atoms with van der Waals surface area (Å²) in [5, 5.41) is 0.744. The fourth-order valence-electron chi connectivity index (χ4n) is 5.56.